The summed E-state index contributed by atoms with van der Waals surface area (Å²) in [5.41, 5.74) is 4.36. The molecule has 5 nitrogen and oxygen atoms in total. The lowest BCUT2D eigenvalue weighted by Crippen LogP contribution is -2.39. The fourth-order valence-corrected chi connectivity index (χ4v) is 11.1. The van der Waals surface area contributed by atoms with Gasteiger partial charge in [0.15, 0.2) is 0 Å². The van der Waals surface area contributed by atoms with Crippen molar-refractivity contribution in [3.63, 3.8) is 0 Å². The van der Waals surface area contributed by atoms with Gasteiger partial charge in [0.05, 0.1) is 10.7 Å². The molecule has 304 valence electrons. The van der Waals surface area contributed by atoms with Gasteiger partial charge in [-0.2, -0.15) is 0 Å². The highest BCUT2D eigenvalue weighted by molar-refractivity contribution is 8.18. The highest BCUT2D eigenvalue weighted by Crippen LogP contribution is 2.51. The molecule has 2 heterocycles. The van der Waals surface area contributed by atoms with E-state index in [1.165, 1.54) is 10.4 Å². The zero-order valence-electron chi connectivity index (χ0n) is 35.6. The number of halogens is 1. The number of thioether (sulfide) groups is 2. The maximum atomic E-state index is 14.1. The average Bonchev–Trinajstić information content (AvgIpc) is 3.53. The molecule has 1 unspecified atom stereocenters. The molecule has 1 aromatic heterocycles. The molecule has 0 fully saturated rings. The molecule has 0 saturated carbocycles. The maximum absolute atomic E-state index is 14.1. The van der Waals surface area contributed by atoms with Crippen LogP contribution in [0.25, 0.3) is 0 Å². The number of rotatable bonds is 11. The van der Waals surface area contributed by atoms with Crippen LogP contribution in [0.5, 0.6) is 11.5 Å². The number of fused-ring (bicyclic) bond motifs is 1. The molecule has 2 N–H and O–H groups in total. The van der Waals surface area contributed by atoms with Crippen molar-refractivity contribution in [2.24, 2.45) is 0 Å². The van der Waals surface area contributed by atoms with Gasteiger partial charge in [-0.05, 0) is 101 Å². The van der Waals surface area contributed by atoms with E-state index >= 15 is 0 Å². The highest BCUT2D eigenvalue weighted by atomic mass is 35.5. The van der Waals surface area contributed by atoms with Gasteiger partial charge < -0.3 is 14.9 Å². The van der Waals surface area contributed by atoms with Gasteiger partial charge in [0.25, 0.3) is 0 Å². The van der Waals surface area contributed by atoms with Crippen molar-refractivity contribution in [1.82, 2.24) is 4.90 Å². The minimum absolute atomic E-state index is 0.195. The number of thiophene rings is 1. The monoisotopic (exact) mass is 835 g/mol. The van der Waals surface area contributed by atoms with E-state index in [9.17, 15) is 15.0 Å². The second-order valence-electron chi connectivity index (χ2n) is 19.4. The van der Waals surface area contributed by atoms with Crippen LogP contribution in [-0.4, -0.2) is 38.3 Å². The van der Waals surface area contributed by atoms with Gasteiger partial charge in [0, 0.05) is 55.0 Å². The number of nitrogens with zero attached hydrogens (tertiary/aromatic N) is 1. The summed E-state index contributed by atoms with van der Waals surface area (Å²) in [6.07, 6.45) is 1.41. The topological polar surface area (TPSA) is 70.0 Å². The number of aromatic hydroxyl groups is 2. The van der Waals surface area contributed by atoms with Crippen molar-refractivity contribution in [1.29, 1.82) is 0 Å². The number of phenolic OH excluding ortho intramolecular Hbond substituents is 2. The number of ether oxygens (including phenoxy) is 1. The molecule has 0 bridgehead atoms. The SMILES string of the molecule is CC(C)(Sc1cc(C(C)(C)C)c(O)c(C(C)(C)C)c1)Sc1cc(C(C)(C)C)c(O)c(C(C)(C)CCOC(=O)C(c2ccccc2Cl)N2CCc3sccc3C2)c1. The van der Waals surface area contributed by atoms with Gasteiger partial charge in [0.2, 0.25) is 0 Å². The lowest BCUT2D eigenvalue weighted by molar-refractivity contribution is -0.151. The zero-order valence-corrected chi connectivity index (χ0v) is 38.9. The molecular weight excluding hydrogens is 774 g/mol. The number of phenols is 2. The summed E-state index contributed by atoms with van der Waals surface area (Å²) in [5.74, 6) is 0.364. The van der Waals surface area contributed by atoms with E-state index < -0.39 is 11.5 Å². The number of hydrogen-bond acceptors (Lipinski definition) is 8. The predicted molar refractivity (Wildman–Crippen MR) is 239 cm³/mol. The number of carbonyl (C=O) groups excluding carboxylic acids is 1. The Kier molecular flexibility index (Phi) is 13.2. The van der Waals surface area contributed by atoms with Crippen LogP contribution < -0.4 is 0 Å². The maximum Gasteiger partial charge on any atom is 0.328 e. The van der Waals surface area contributed by atoms with E-state index in [1.54, 1.807) is 34.9 Å². The molecule has 1 aliphatic heterocycles. The van der Waals surface area contributed by atoms with Crippen molar-refractivity contribution < 1.29 is 19.7 Å². The average molecular weight is 837 g/mol. The molecule has 4 aromatic rings. The Hall–Kier alpha value is -2.62. The lowest BCUT2D eigenvalue weighted by atomic mass is 9.77. The molecule has 1 aliphatic rings. The molecule has 56 heavy (non-hydrogen) atoms. The standard InChI is InChI=1S/C47H62ClNO4S3/c1-43(2,3)33-24-30(25-34(40(33)50)44(4,5)6)55-47(12,13)56-31-26-35(45(7,8)9)41(51)36(27-31)46(10,11)20-22-53-42(52)39(32-16-14-15-17-37(32)48)49-21-18-38-29(28-49)19-23-54-38/h14-17,19,23-27,39,50-51H,18,20-22,28H2,1-13H3. The largest absolute Gasteiger partial charge is 0.507 e. The Balaban J connectivity index is 1.40. The third-order valence-electron chi connectivity index (χ3n) is 10.6. The van der Waals surface area contributed by atoms with Crippen molar-refractivity contribution in [3.8, 4) is 11.5 Å². The van der Waals surface area contributed by atoms with Crippen LogP contribution in [0.4, 0.5) is 0 Å². The van der Waals surface area contributed by atoms with E-state index in [-0.39, 0.29) is 32.9 Å². The minimum Gasteiger partial charge on any atom is -0.507 e. The van der Waals surface area contributed by atoms with Crippen LogP contribution in [0, 0.1) is 0 Å². The van der Waals surface area contributed by atoms with Gasteiger partial charge in [-0.3, -0.25) is 4.90 Å². The van der Waals surface area contributed by atoms with Gasteiger partial charge >= 0.3 is 5.97 Å². The molecule has 9 heteroatoms. The van der Waals surface area contributed by atoms with E-state index in [0.717, 1.165) is 50.6 Å². The smallest absolute Gasteiger partial charge is 0.328 e. The summed E-state index contributed by atoms with van der Waals surface area (Å²) in [6.45, 7) is 29.5. The molecule has 0 aliphatic carbocycles. The predicted octanol–water partition coefficient (Wildman–Crippen LogP) is 13.3. The highest BCUT2D eigenvalue weighted by Gasteiger charge is 2.36. The number of benzene rings is 3. The first-order valence-electron chi connectivity index (χ1n) is 19.6. The van der Waals surface area contributed by atoms with Crippen LogP contribution >= 0.6 is 46.5 Å². The summed E-state index contributed by atoms with van der Waals surface area (Å²) >= 11 is 12.0. The first-order chi connectivity index (χ1) is 25.8. The van der Waals surface area contributed by atoms with Gasteiger partial charge in [-0.1, -0.05) is 106 Å². The summed E-state index contributed by atoms with van der Waals surface area (Å²) in [5, 5.41) is 25.9. The molecule has 0 radical (unpaired) electrons. The van der Waals surface area contributed by atoms with Crippen LogP contribution in [0.2, 0.25) is 5.02 Å². The molecule has 5 rings (SSSR count). The summed E-state index contributed by atoms with van der Waals surface area (Å²) in [7, 11) is 0. The Bertz CT molecular complexity index is 2010. The molecule has 0 spiro atoms. The van der Waals surface area contributed by atoms with Crippen LogP contribution in [0.3, 0.4) is 0 Å². The lowest BCUT2D eigenvalue weighted by Gasteiger charge is -2.34. The summed E-state index contributed by atoms with van der Waals surface area (Å²) in [6, 6.07) is 17.6. The fourth-order valence-electron chi connectivity index (χ4n) is 7.43. The summed E-state index contributed by atoms with van der Waals surface area (Å²) < 4.78 is 5.84. The number of hydrogen-bond donors (Lipinski definition) is 2. The molecule has 3 aromatic carbocycles. The van der Waals surface area contributed by atoms with E-state index in [4.69, 9.17) is 16.3 Å². The molecular formula is C47H62ClNO4S3. The van der Waals surface area contributed by atoms with Crippen LogP contribution in [0.1, 0.15) is 141 Å². The Morgan fingerprint density at radius 2 is 1.29 bits per heavy atom. The van der Waals surface area contributed by atoms with Crippen molar-refractivity contribution in [3.05, 3.63) is 103 Å². The zero-order chi connectivity index (χ0) is 41.6. The van der Waals surface area contributed by atoms with Crippen molar-refractivity contribution in [2.45, 2.75) is 151 Å². The Morgan fingerprint density at radius 3 is 1.80 bits per heavy atom. The molecule has 1 atom stereocenters. The van der Waals surface area contributed by atoms with Gasteiger partial charge in [0.1, 0.15) is 17.5 Å². The van der Waals surface area contributed by atoms with E-state index in [0.29, 0.717) is 29.5 Å². The molecule has 0 amide bonds. The summed E-state index contributed by atoms with van der Waals surface area (Å²) in [4.78, 5) is 19.8. The Morgan fingerprint density at radius 1 is 0.786 bits per heavy atom. The number of carbonyl (C=O) groups is 1. The van der Waals surface area contributed by atoms with E-state index in [2.05, 4.69) is 131 Å². The van der Waals surface area contributed by atoms with Crippen LogP contribution in [-0.2, 0) is 44.2 Å². The third kappa shape index (κ3) is 10.3. The first-order valence-corrected chi connectivity index (χ1v) is 22.5. The van der Waals surface area contributed by atoms with Crippen molar-refractivity contribution in [2.75, 3.05) is 13.2 Å². The van der Waals surface area contributed by atoms with Gasteiger partial charge in [-0.15, -0.1) is 34.9 Å². The van der Waals surface area contributed by atoms with Gasteiger partial charge in [-0.25, -0.2) is 4.79 Å². The molecule has 0 saturated heterocycles. The quantitative estimate of drug-likeness (QED) is 0.0886. The Labute approximate surface area is 354 Å². The van der Waals surface area contributed by atoms with Crippen molar-refractivity contribution >= 4 is 52.4 Å². The second-order valence-corrected chi connectivity index (χ2v) is 24.5. The van der Waals surface area contributed by atoms with E-state index in [1.807, 2.05) is 24.3 Å². The first kappa shape index (κ1) is 44.5. The normalized spacial score (nSPS) is 15.1. The van der Waals surface area contributed by atoms with Crippen LogP contribution in [0.15, 0.2) is 69.8 Å². The minimum atomic E-state index is -0.618. The second kappa shape index (κ2) is 16.6. The number of esters is 1. The third-order valence-corrected chi connectivity index (χ3v) is 14.4. The fraction of sp³-hybridized carbons (Fsp3) is 0.511.